The number of benzene rings is 2. The quantitative estimate of drug-likeness (QED) is 0.547. The van der Waals surface area contributed by atoms with E-state index < -0.39 is 4.92 Å². The average molecular weight is 294 g/mol. The van der Waals surface area contributed by atoms with Crippen LogP contribution in [0.2, 0.25) is 0 Å². The van der Waals surface area contributed by atoms with Gasteiger partial charge in [0.05, 0.1) is 17.7 Å². The molecule has 0 saturated carbocycles. The monoisotopic (exact) mass is 294 g/mol. The molecular formula is C16H14N4O2. The summed E-state index contributed by atoms with van der Waals surface area (Å²) in [6.07, 6.45) is 1.84. The molecule has 0 radical (unpaired) electrons. The third kappa shape index (κ3) is 3.01. The summed E-state index contributed by atoms with van der Waals surface area (Å²) >= 11 is 0. The number of aryl methyl sites for hydroxylation is 1. The van der Waals surface area contributed by atoms with Crippen LogP contribution in [0.3, 0.4) is 0 Å². The molecule has 0 fully saturated rings. The van der Waals surface area contributed by atoms with Gasteiger partial charge >= 0.3 is 0 Å². The fraction of sp³-hybridized carbons (Fsp3) is 0.125. The van der Waals surface area contributed by atoms with E-state index >= 15 is 0 Å². The van der Waals surface area contributed by atoms with Crippen molar-refractivity contribution in [2.45, 2.75) is 13.5 Å². The summed E-state index contributed by atoms with van der Waals surface area (Å²) in [4.78, 5) is 10.4. The van der Waals surface area contributed by atoms with E-state index in [0.29, 0.717) is 6.54 Å². The lowest BCUT2D eigenvalue weighted by Crippen LogP contribution is -2.01. The molecule has 0 aliphatic rings. The van der Waals surface area contributed by atoms with E-state index in [2.05, 4.69) is 10.3 Å². The summed E-state index contributed by atoms with van der Waals surface area (Å²) in [6.45, 7) is 2.48. The zero-order valence-electron chi connectivity index (χ0n) is 12.0. The zero-order chi connectivity index (χ0) is 15.5. The average Bonchev–Trinajstić information content (AvgIpc) is 2.96. The van der Waals surface area contributed by atoms with Crippen molar-refractivity contribution in [1.82, 2.24) is 15.0 Å². The molecule has 0 aliphatic carbocycles. The van der Waals surface area contributed by atoms with Gasteiger partial charge in [0.1, 0.15) is 5.69 Å². The van der Waals surface area contributed by atoms with Gasteiger partial charge in [-0.15, -0.1) is 5.10 Å². The Morgan fingerprint density at radius 3 is 2.68 bits per heavy atom. The standard InChI is InChI=1S/C16H14N4O2/c1-12-5-7-14(8-6-12)16-11-19(18-17-16)10-13-3-2-4-15(9-13)20(21)22/h2-9,11H,10H2,1H3. The highest BCUT2D eigenvalue weighted by atomic mass is 16.6. The van der Waals surface area contributed by atoms with Crippen LogP contribution in [0.25, 0.3) is 11.3 Å². The van der Waals surface area contributed by atoms with Crippen LogP contribution >= 0.6 is 0 Å². The molecule has 6 heteroatoms. The second kappa shape index (κ2) is 5.77. The molecule has 0 spiro atoms. The minimum Gasteiger partial charge on any atom is -0.258 e. The third-order valence-electron chi connectivity index (χ3n) is 3.35. The lowest BCUT2D eigenvalue weighted by atomic mass is 10.1. The van der Waals surface area contributed by atoms with Gasteiger partial charge in [0.2, 0.25) is 0 Å². The molecule has 0 amide bonds. The fourth-order valence-corrected chi connectivity index (χ4v) is 2.19. The number of rotatable bonds is 4. The fourth-order valence-electron chi connectivity index (χ4n) is 2.19. The molecule has 0 N–H and O–H groups in total. The zero-order valence-corrected chi connectivity index (χ0v) is 12.0. The predicted molar refractivity (Wildman–Crippen MR) is 82.4 cm³/mol. The first-order valence-electron chi connectivity index (χ1n) is 6.82. The summed E-state index contributed by atoms with van der Waals surface area (Å²) < 4.78 is 1.67. The summed E-state index contributed by atoms with van der Waals surface area (Å²) in [5, 5.41) is 19.0. The van der Waals surface area contributed by atoms with Gasteiger partial charge in [-0.25, -0.2) is 4.68 Å². The Morgan fingerprint density at radius 2 is 1.95 bits per heavy atom. The van der Waals surface area contributed by atoms with Crippen LogP contribution in [0.15, 0.2) is 54.7 Å². The predicted octanol–water partition coefficient (Wildman–Crippen LogP) is 3.21. The van der Waals surface area contributed by atoms with E-state index in [9.17, 15) is 10.1 Å². The maximum absolute atomic E-state index is 10.8. The highest BCUT2D eigenvalue weighted by molar-refractivity contribution is 5.57. The molecule has 3 aromatic rings. The first-order valence-corrected chi connectivity index (χ1v) is 6.82. The summed E-state index contributed by atoms with van der Waals surface area (Å²) in [5.41, 5.74) is 3.86. The van der Waals surface area contributed by atoms with Crippen LogP contribution in [0.1, 0.15) is 11.1 Å². The van der Waals surface area contributed by atoms with Crippen LogP contribution in [0, 0.1) is 17.0 Å². The molecule has 0 unspecified atom stereocenters. The first-order chi connectivity index (χ1) is 10.6. The number of nitro benzene ring substituents is 1. The van der Waals surface area contributed by atoms with E-state index in [-0.39, 0.29) is 5.69 Å². The van der Waals surface area contributed by atoms with Gasteiger partial charge < -0.3 is 0 Å². The molecule has 1 aromatic heterocycles. The maximum Gasteiger partial charge on any atom is 0.269 e. The molecule has 22 heavy (non-hydrogen) atoms. The van der Waals surface area contributed by atoms with Gasteiger partial charge in [0.25, 0.3) is 5.69 Å². The van der Waals surface area contributed by atoms with Gasteiger partial charge in [-0.3, -0.25) is 10.1 Å². The number of nitrogens with zero attached hydrogens (tertiary/aromatic N) is 4. The highest BCUT2D eigenvalue weighted by Gasteiger charge is 2.08. The van der Waals surface area contributed by atoms with Crippen molar-refractivity contribution in [2.75, 3.05) is 0 Å². The second-order valence-corrected chi connectivity index (χ2v) is 5.09. The number of hydrogen-bond donors (Lipinski definition) is 0. The van der Waals surface area contributed by atoms with Gasteiger partial charge in [0.15, 0.2) is 0 Å². The molecule has 6 nitrogen and oxygen atoms in total. The normalized spacial score (nSPS) is 10.6. The molecule has 0 atom stereocenters. The first kappa shape index (κ1) is 13.9. The van der Waals surface area contributed by atoms with E-state index in [1.165, 1.54) is 11.6 Å². The van der Waals surface area contributed by atoms with Crippen molar-refractivity contribution >= 4 is 5.69 Å². The van der Waals surface area contributed by atoms with Crippen molar-refractivity contribution < 1.29 is 4.92 Å². The van der Waals surface area contributed by atoms with Crippen LogP contribution in [0.5, 0.6) is 0 Å². The number of aromatic nitrogens is 3. The molecule has 110 valence electrons. The van der Waals surface area contributed by atoms with Gasteiger partial charge in [-0.05, 0) is 12.5 Å². The Balaban J connectivity index is 1.81. The van der Waals surface area contributed by atoms with Crippen LogP contribution in [-0.4, -0.2) is 19.9 Å². The molecular weight excluding hydrogens is 280 g/mol. The van der Waals surface area contributed by atoms with Gasteiger partial charge in [-0.1, -0.05) is 47.2 Å². The Kier molecular flexibility index (Phi) is 3.65. The van der Waals surface area contributed by atoms with Gasteiger partial charge in [-0.2, -0.15) is 0 Å². The largest absolute Gasteiger partial charge is 0.269 e. The summed E-state index contributed by atoms with van der Waals surface area (Å²) in [7, 11) is 0. The van der Waals surface area contributed by atoms with E-state index in [1.54, 1.807) is 16.8 Å². The third-order valence-corrected chi connectivity index (χ3v) is 3.35. The Labute approximate surface area is 127 Å². The molecule has 0 bridgehead atoms. The van der Waals surface area contributed by atoms with E-state index in [0.717, 1.165) is 16.8 Å². The lowest BCUT2D eigenvalue weighted by molar-refractivity contribution is -0.384. The van der Waals surface area contributed by atoms with Crippen molar-refractivity contribution in [1.29, 1.82) is 0 Å². The van der Waals surface area contributed by atoms with Crippen LogP contribution in [-0.2, 0) is 6.54 Å². The Hall–Kier alpha value is -3.02. The maximum atomic E-state index is 10.8. The molecule has 0 saturated heterocycles. The van der Waals surface area contributed by atoms with Crippen LogP contribution < -0.4 is 0 Å². The SMILES string of the molecule is Cc1ccc(-c2cn(Cc3cccc([N+](=O)[O-])c3)nn2)cc1. The van der Waals surface area contributed by atoms with E-state index in [4.69, 9.17) is 0 Å². The molecule has 1 heterocycles. The van der Waals surface area contributed by atoms with Crippen LogP contribution in [0.4, 0.5) is 5.69 Å². The molecule has 3 rings (SSSR count). The smallest absolute Gasteiger partial charge is 0.258 e. The van der Waals surface area contributed by atoms with Crippen molar-refractivity contribution in [3.05, 3.63) is 76.0 Å². The second-order valence-electron chi connectivity index (χ2n) is 5.09. The van der Waals surface area contributed by atoms with Crippen molar-refractivity contribution in [3.8, 4) is 11.3 Å². The molecule has 0 aliphatic heterocycles. The summed E-state index contributed by atoms with van der Waals surface area (Å²) in [6, 6.07) is 14.6. The van der Waals surface area contributed by atoms with E-state index in [1.807, 2.05) is 43.5 Å². The van der Waals surface area contributed by atoms with Crippen molar-refractivity contribution in [2.24, 2.45) is 0 Å². The summed E-state index contributed by atoms with van der Waals surface area (Å²) in [5.74, 6) is 0. The Morgan fingerprint density at radius 1 is 1.18 bits per heavy atom. The number of nitro groups is 1. The number of non-ortho nitro benzene ring substituents is 1. The van der Waals surface area contributed by atoms with Crippen molar-refractivity contribution in [3.63, 3.8) is 0 Å². The minimum atomic E-state index is -0.400. The number of hydrogen-bond acceptors (Lipinski definition) is 4. The minimum absolute atomic E-state index is 0.0800. The highest BCUT2D eigenvalue weighted by Crippen LogP contribution is 2.18. The molecule has 2 aromatic carbocycles. The Bertz CT molecular complexity index is 809. The van der Waals surface area contributed by atoms with Gasteiger partial charge in [0, 0.05) is 17.7 Å². The topological polar surface area (TPSA) is 73.8 Å². The lowest BCUT2D eigenvalue weighted by Gasteiger charge is -2.00.